The maximum absolute atomic E-state index is 4.02. The van der Waals surface area contributed by atoms with Crippen molar-refractivity contribution < 1.29 is 0 Å². The summed E-state index contributed by atoms with van der Waals surface area (Å²) >= 11 is 0. The van der Waals surface area contributed by atoms with Gasteiger partial charge in [-0.15, -0.1) is 0 Å². The monoisotopic (exact) mass is 291 g/mol. The highest BCUT2D eigenvalue weighted by molar-refractivity contribution is 5.41. The lowest BCUT2D eigenvalue weighted by atomic mass is 9.66. The van der Waals surface area contributed by atoms with E-state index < -0.39 is 0 Å². The molecule has 1 fully saturated rings. The van der Waals surface area contributed by atoms with Crippen molar-refractivity contribution in [2.24, 2.45) is 11.8 Å². The predicted octanol–water partition coefficient (Wildman–Crippen LogP) is 4.66. The predicted molar refractivity (Wildman–Crippen MR) is 91.6 cm³/mol. The normalized spacial score (nSPS) is 29.9. The average molecular weight is 291 g/mol. The maximum Gasteiger partial charge on any atom is 0.0497 e. The molecule has 3 unspecified atom stereocenters. The molecule has 2 aliphatic carbocycles. The van der Waals surface area contributed by atoms with Crippen LogP contribution in [-0.2, 0) is 18.5 Å². The van der Waals surface area contributed by atoms with Gasteiger partial charge in [0.05, 0.1) is 0 Å². The Hall–Kier alpha value is -1.60. The first-order chi connectivity index (χ1) is 10.8. The van der Waals surface area contributed by atoms with E-state index >= 15 is 0 Å². The summed E-state index contributed by atoms with van der Waals surface area (Å²) in [5.41, 5.74) is 4.72. The van der Waals surface area contributed by atoms with Crippen LogP contribution in [0.3, 0.4) is 0 Å². The van der Waals surface area contributed by atoms with Crippen molar-refractivity contribution in [3.05, 3.63) is 71.3 Å². The molecule has 1 N–H and O–H groups in total. The Morgan fingerprint density at radius 3 is 2.64 bits per heavy atom. The van der Waals surface area contributed by atoms with Gasteiger partial charge in [0.25, 0.3) is 0 Å². The van der Waals surface area contributed by atoms with E-state index in [1.165, 1.54) is 31.2 Å². The highest BCUT2D eigenvalue weighted by atomic mass is 15.0. The second-order valence-electron chi connectivity index (χ2n) is 7.10. The second-order valence-corrected chi connectivity index (χ2v) is 7.10. The van der Waals surface area contributed by atoms with E-state index in [1.54, 1.807) is 11.1 Å². The van der Waals surface area contributed by atoms with Crippen LogP contribution in [0.15, 0.2) is 54.6 Å². The Bertz CT molecular complexity index is 648. The van der Waals surface area contributed by atoms with Crippen molar-refractivity contribution >= 4 is 0 Å². The molecule has 2 aliphatic rings. The van der Waals surface area contributed by atoms with Gasteiger partial charge in [-0.2, -0.15) is 0 Å². The van der Waals surface area contributed by atoms with Gasteiger partial charge in [-0.05, 0) is 47.8 Å². The number of fused-ring (bicyclic) bond motifs is 3. The topological polar surface area (TPSA) is 12.0 Å². The van der Waals surface area contributed by atoms with Gasteiger partial charge in [0, 0.05) is 12.1 Å². The molecule has 1 saturated carbocycles. The summed E-state index contributed by atoms with van der Waals surface area (Å²) in [6.45, 7) is 3.42. The molecule has 0 aromatic heterocycles. The number of rotatable bonds is 3. The van der Waals surface area contributed by atoms with E-state index in [0.29, 0.717) is 5.92 Å². The third-order valence-electron chi connectivity index (χ3n) is 5.97. The summed E-state index contributed by atoms with van der Waals surface area (Å²) in [5.74, 6) is 1.47. The lowest BCUT2D eigenvalue weighted by Gasteiger charge is -2.46. The highest BCUT2D eigenvalue weighted by Gasteiger charge is 2.51. The van der Waals surface area contributed by atoms with Crippen molar-refractivity contribution in [3.8, 4) is 0 Å². The minimum absolute atomic E-state index is 0.185. The summed E-state index contributed by atoms with van der Waals surface area (Å²) < 4.78 is 0. The average Bonchev–Trinajstić information content (AvgIpc) is 2.90. The molecule has 0 aliphatic heterocycles. The molecule has 0 spiro atoms. The fraction of sp³-hybridized carbons (Fsp3) is 0.429. The standard InChI is InChI=1S/C21H25N/c1-16-8-7-12-19-14-18-11-5-6-13-20(18)21(16,19)22-15-17-9-3-2-4-10-17/h2-6,9-11,13,16,19,22H,7-8,12,14-15H2,1H3. The molecular weight excluding hydrogens is 266 g/mol. The van der Waals surface area contributed by atoms with Gasteiger partial charge in [0.1, 0.15) is 0 Å². The Balaban J connectivity index is 1.70. The van der Waals surface area contributed by atoms with Crippen LogP contribution in [0.2, 0.25) is 0 Å². The first-order valence-corrected chi connectivity index (χ1v) is 8.68. The molecule has 0 amide bonds. The molecule has 0 bridgehead atoms. The van der Waals surface area contributed by atoms with E-state index in [9.17, 15) is 0 Å². The number of hydrogen-bond donors (Lipinski definition) is 1. The molecule has 3 atom stereocenters. The zero-order chi connectivity index (χ0) is 15.0. The molecule has 4 rings (SSSR count). The van der Waals surface area contributed by atoms with Crippen LogP contribution in [0, 0.1) is 11.8 Å². The lowest BCUT2D eigenvalue weighted by molar-refractivity contribution is 0.0922. The van der Waals surface area contributed by atoms with Gasteiger partial charge in [0.2, 0.25) is 0 Å². The summed E-state index contributed by atoms with van der Waals surface area (Å²) in [6, 6.07) is 20.0. The van der Waals surface area contributed by atoms with E-state index in [0.717, 1.165) is 12.5 Å². The fourth-order valence-electron chi connectivity index (χ4n) is 4.90. The Morgan fingerprint density at radius 2 is 1.77 bits per heavy atom. The van der Waals surface area contributed by atoms with Crippen molar-refractivity contribution in [1.29, 1.82) is 0 Å². The van der Waals surface area contributed by atoms with Crippen LogP contribution >= 0.6 is 0 Å². The van der Waals surface area contributed by atoms with Crippen molar-refractivity contribution in [2.45, 2.75) is 44.7 Å². The third-order valence-corrected chi connectivity index (χ3v) is 5.97. The number of benzene rings is 2. The Labute approximate surface area is 133 Å². The van der Waals surface area contributed by atoms with Crippen LogP contribution < -0.4 is 5.32 Å². The van der Waals surface area contributed by atoms with Gasteiger partial charge < -0.3 is 5.32 Å². The fourth-order valence-corrected chi connectivity index (χ4v) is 4.90. The van der Waals surface area contributed by atoms with Gasteiger partial charge >= 0.3 is 0 Å². The minimum atomic E-state index is 0.185. The highest BCUT2D eigenvalue weighted by Crippen LogP contribution is 2.52. The molecule has 114 valence electrons. The molecule has 0 radical (unpaired) electrons. The molecule has 2 aromatic rings. The van der Waals surface area contributed by atoms with E-state index in [1.807, 2.05) is 0 Å². The van der Waals surface area contributed by atoms with Gasteiger partial charge in [-0.25, -0.2) is 0 Å². The number of nitrogens with one attached hydrogen (secondary N) is 1. The van der Waals surface area contributed by atoms with Gasteiger partial charge in [0.15, 0.2) is 0 Å². The molecule has 0 saturated heterocycles. The van der Waals surface area contributed by atoms with Crippen LogP contribution in [0.4, 0.5) is 0 Å². The lowest BCUT2D eigenvalue weighted by Crippen LogP contribution is -2.52. The second kappa shape index (κ2) is 5.55. The van der Waals surface area contributed by atoms with Crippen molar-refractivity contribution in [1.82, 2.24) is 5.32 Å². The zero-order valence-electron chi connectivity index (χ0n) is 13.4. The van der Waals surface area contributed by atoms with E-state index in [2.05, 4.69) is 66.8 Å². The van der Waals surface area contributed by atoms with Crippen molar-refractivity contribution in [2.75, 3.05) is 0 Å². The molecular formula is C21H25N. The maximum atomic E-state index is 4.02. The molecule has 22 heavy (non-hydrogen) atoms. The van der Waals surface area contributed by atoms with Crippen LogP contribution in [0.25, 0.3) is 0 Å². The largest absolute Gasteiger partial charge is 0.303 e. The van der Waals surface area contributed by atoms with Gasteiger partial charge in [-0.3, -0.25) is 0 Å². The van der Waals surface area contributed by atoms with E-state index in [-0.39, 0.29) is 5.54 Å². The summed E-state index contributed by atoms with van der Waals surface area (Å²) in [5, 5.41) is 4.02. The minimum Gasteiger partial charge on any atom is -0.303 e. The van der Waals surface area contributed by atoms with Crippen LogP contribution in [0.5, 0.6) is 0 Å². The molecule has 2 aromatic carbocycles. The first-order valence-electron chi connectivity index (χ1n) is 8.68. The smallest absolute Gasteiger partial charge is 0.0497 e. The molecule has 0 heterocycles. The zero-order valence-corrected chi connectivity index (χ0v) is 13.4. The van der Waals surface area contributed by atoms with Crippen LogP contribution in [-0.4, -0.2) is 0 Å². The SMILES string of the molecule is CC1CCCC2Cc3ccccc3C12NCc1ccccc1. The first kappa shape index (κ1) is 14.0. The van der Waals surface area contributed by atoms with E-state index in [4.69, 9.17) is 0 Å². The summed E-state index contributed by atoms with van der Waals surface area (Å²) in [6.07, 6.45) is 5.34. The summed E-state index contributed by atoms with van der Waals surface area (Å²) in [7, 11) is 0. The van der Waals surface area contributed by atoms with Gasteiger partial charge in [-0.1, -0.05) is 67.9 Å². The quantitative estimate of drug-likeness (QED) is 0.867. The molecule has 1 heteroatoms. The number of hydrogen-bond acceptors (Lipinski definition) is 1. The van der Waals surface area contributed by atoms with Crippen molar-refractivity contribution in [3.63, 3.8) is 0 Å². The van der Waals surface area contributed by atoms with Crippen LogP contribution in [0.1, 0.15) is 42.9 Å². The molecule has 1 nitrogen and oxygen atoms in total. The third kappa shape index (κ3) is 2.11. The Morgan fingerprint density at radius 1 is 1.00 bits per heavy atom. The summed E-state index contributed by atoms with van der Waals surface area (Å²) in [4.78, 5) is 0. The Kier molecular flexibility index (Phi) is 3.54.